The molecule has 3 aliphatic rings. The summed E-state index contributed by atoms with van der Waals surface area (Å²) in [7, 11) is 0. The summed E-state index contributed by atoms with van der Waals surface area (Å²) in [5.41, 5.74) is 1.65. The third-order valence-corrected chi connectivity index (χ3v) is 6.50. The number of carbonyl (C=O) groups excluding carboxylic acids is 1. The molecule has 2 aromatic heterocycles. The molecule has 0 spiro atoms. The maximum atomic E-state index is 13.5. The van der Waals surface area contributed by atoms with Gasteiger partial charge in [0.1, 0.15) is 24.2 Å². The number of nitrogens with one attached hydrogen (secondary N) is 1. The van der Waals surface area contributed by atoms with Crippen LogP contribution in [0, 0.1) is 5.82 Å². The average molecular weight is 474 g/mol. The number of benzene rings is 1. The summed E-state index contributed by atoms with van der Waals surface area (Å²) >= 11 is 0. The number of ether oxygens (including phenoxy) is 1. The molecular weight excluding hydrogens is 451 g/mol. The topological polar surface area (TPSA) is 96.1 Å². The summed E-state index contributed by atoms with van der Waals surface area (Å²) in [5, 5.41) is 3.42. The van der Waals surface area contributed by atoms with E-state index in [4.69, 9.17) is 19.1 Å². The quantitative estimate of drug-likeness (QED) is 0.600. The highest BCUT2D eigenvalue weighted by Gasteiger charge is 2.41. The predicted octanol–water partition coefficient (Wildman–Crippen LogP) is 3.88. The summed E-state index contributed by atoms with van der Waals surface area (Å²) in [4.78, 5) is 30.2. The van der Waals surface area contributed by atoms with Gasteiger partial charge in [-0.1, -0.05) is 12.1 Å². The maximum Gasteiger partial charge on any atom is 0.298 e. The van der Waals surface area contributed by atoms with Gasteiger partial charge in [0.25, 0.3) is 11.9 Å². The Labute approximate surface area is 200 Å². The number of carbonyl (C=O) groups is 1. The number of furan rings is 1. The zero-order valence-corrected chi connectivity index (χ0v) is 18.8. The van der Waals surface area contributed by atoms with Gasteiger partial charge in [-0.15, -0.1) is 0 Å². The second kappa shape index (κ2) is 8.86. The number of amides is 1. The van der Waals surface area contributed by atoms with Crippen molar-refractivity contribution in [2.75, 3.05) is 18.4 Å². The molecule has 10 heteroatoms. The van der Waals surface area contributed by atoms with E-state index in [0.717, 1.165) is 24.1 Å². The van der Waals surface area contributed by atoms with Gasteiger partial charge in [0, 0.05) is 31.5 Å². The van der Waals surface area contributed by atoms with Gasteiger partial charge in [-0.05, 0) is 48.7 Å². The molecular formula is C25H23FN6O3. The van der Waals surface area contributed by atoms with E-state index in [0.29, 0.717) is 30.8 Å². The van der Waals surface area contributed by atoms with E-state index in [-0.39, 0.29) is 29.8 Å². The number of hydrogen-bond acceptors (Lipinski definition) is 8. The van der Waals surface area contributed by atoms with Crippen LogP contribution in [0.3, 0.4) is 0 Å². The molecule has 35 heavy (non-hydrogen) atoms. The largest absolute Gasteiger partial charge is 0.459 e. The number of aromatic nitrogens is 2. The fourth-order valence-corrected chi connectivity index (χ4v) is 4.73. The number of hydrogen-bond donors (Lipinski definition) is 1. The summed E-state index contributed by atoms with van der Waals surface area (Å²) in [5.74, 6) is 0.504. The van der Waals surface area contributed by atoms with Crippen molar-refractivity contribution in [3.05, 3.63) is 90.2 Å². The first-order valence-corrected chi connectivity index (χ1v) is 11.5. The summed E-state index contributed by atoms with van der Waals surface area (Å²) in [6, 6.07) is 11.7. The molecule has 1 saturated heterocycles. The molecule has 1 N–H and O–H groups in total. The Morgan fingerprint density at radius 2 is 1.94 bits per heavy atom. The highest BCUT2D eigenvalue weighted by Crippen LogP contribution is 2.43. The minimum atomic E-state index is -0.297. The molecule has 1 amide bonds. The van der Waals surface area contributed by atoms with Gasteiger partial charge >= 0.3 is 0 Å². The number of aliphatic imine (C=N–C) groups is 1. The minimum Gasteiger partial charge on any atom is -0.459 e. The van der Waals surface area contributed by atoms with Gasteiger partial charge in [0.2, 0.25) is 5.95 Å². The monoisotopic (exact) mass is 474 g/mol. The van der Waals surface area contributed by atoms with E-state index in [9.17, 15) is 9.18 Å². The Balaban J connectivity index is 1.16. The van der Waals surface area contributed by atoms with E-state index in [2.05, 4.69) is 10.3 Å². The van der Waals surface area contributed by atoms with Crippen molar-refractivity contribution in [3.8, 4) is 0 Å². The van der Waals surface area contributed by atoms with Crippen LogP contribution in [-0.2, 0) is 4.74 Å². The lowest BCUT2D eigenvalue weighted by Crippen LogP contribution is -2.42. The van der Waals surface area contributed by atoms with E-state index in [1.807, 2.05) is 17.2 Å². The first-order chi connectivity index (χ1) is 17.2. The Bertz CT molecular complexity index is 1270. The lowest BCUT2D eigenvalue weighted by molar-refractivity contribution is 0.0686. The van der Waals surface area contributed by atoms with Gasteiger partial charge < -0.3 is 19.4 Å². The van der Waals surface area contributed by atoms with Crippen LogP contribution >= 0.6 is 0 Å². The Hall–Kier alpha value is -4.21. The zero-order chi connectivity index (χ0) is 23.8. The normalized spacial score (nSPS) is 21.6. The van der Waals surface area contributed by atoms with Crippen molar-refractivity contribution in [3.63, 3.8) is 0 Å². The molecule has 5 heterocycles. The van der Waals surface area contributed by atoms with Crippen molar-refractivity contribution in [1.29, 1.82) is 0 Å². The molecule has 6 rings (SSSR count). The molecule has 2 atom stereocenters. The molecule has 0 aliphatic carbocycles. The van der Waals surface area contributed by atoms with Gasteiger partial charge in [-0.2, -0.15) is 0 Å². The van der Waals surface area contributed by atoms with Crippen molar-refractivity contribution in [2.24, 2.45) is 4.99 Å². The van der Waals surface area contributed by atoms with Gasteiger partial charge in [-0.3, -0.25) is 9.69 Å². The average Bonchev–Trinajstić information content (AvgIpc) is 3.63. The first kappa shape index (κ1) is 21.3. The number of anilines is 1. The number of nitrogens with zero attached hydrogens (tertiary/aromatic N) is 5. The third-order valence-electron chi connectivity index (χ3n) is 6.50. The molecule has 1 fully saturated rings. The molecule has 0 radical (unpaired) electrons. The van der Waals surface area contributed by atoms with Crippen molar-refractivity contribution >= 4 is 17.9 Å². The molecule has 0 bridgehead atoms. The number of amidine groups is 1. The van der Waals surface area contributed by atoms with Crippen LogP contribution in [0.1, 0.15) is 46.7 Å². The van der Waals surface area contributed by atoms with Crippen LogP contribution < -0.4 is 5.32 Å². The first-order valence-electron chi connectivity index (χ1n) is 11.5. The number of fused-ring (bicyclic) bond motifs is 1. The molecule has 1 aromatic carbocycles. The Morgan fingerprint density at radius 1 is 1.11 bits per heavy atom. The maximum absolute atomic E-state index is 13.5. The Kier molecular flexibility index (Phi) is 5.40. The second-order valence-electron chi connectivity index (χ2n) is 8.66. The Morgan fingerprint density at radius 3 is 2.71 bits per heavy atom. The highest BCUT2D eigenvalue weighted by atomic mass is 19.1. The van der Waals surface area contributed by atoms with Crippen LogP contribution in [0.4, 0.5) is 10.3 Å². The predicted molar refractivity (Wildman–Crippen MR) is 125 cm³/mol. The van der Waals surface area contributed by atoms with E-state index < -0.39 is 0 Å². The van der Waals surface area contributed by atoms with E-state index >= 15 is 0 Å². The fraction of sp³-hybridized carbons (Fsp3) is 0.280. The standard InChI is InChI=1S/C25H23FN6O3/c26-17-5-3-16(4-6-17)21-22(32-13-15-35-25(32)30-21)19-7-10-27-24(29-19)28-18-8-11-31(12-9-18)23(33)20-2-1-14-34-20/h1-7,10,13-15,18,21-22H,8-9,11-12H2,(H,27,28,29). The molecule has 0 saturated carbocycles. The smallest absolute Gasteiger partial charge is 0.298 e. The third kappa shape index (κ3) is 4.11. The summed E-state index contributed by atoms with van der Waals surface area (Å²) in [6.07, 6.45) is 8.20. The summed E-state index contributed by atoms with van der Waals surface area (Å²) in [6.45, 7) is 1.25. The van der Waals surface area contributed by atoms with E-state index in [1.54, 1.807) is 41.6 Å². The molecule has 3 aliphatic heterocycles. The van der Waals surface area contributed by atoms with Crippen molar-refractivity contribution in [1.82, 2.24) is 19.8 Å². The van der Waals surface area contributed by atoms with Gasteiger partial charge in [-0.25, -0.2) is 19.4 Å². The molecule has 178 valence electrons. The summed E-state index contributed by atoms with van der Waals surface area (Å²) < 4.78 is 24.3. The SMILES string of the molecule is O=C(c1ccco1)N1CCC(Nc2nccc(C3C(c4ccc(F)cc4)N=C4OC=CN43)n2)CC1. The lowest BCUT2D eigenvalue weighted by atomic mass is 9.97. The number of likely N-dealkylation sites (tertiary alicyclic amines) is 1. The van der Waals surface area contributed by atoms with Crippen LogP contribution in [0.25, 0.3) is 0 Å². The molecule has 2 unspecified atom stereocenters. The van der Waals surface area contributed by atoms with E-state index in [1.165, 1.54) is 18.4 Å². The molecule has 9 nitrogen and oxygen atoms in total. The molecule has 3 aromatic rings. The minimum absolute atomic E-state index is 0.0866. The van der Waals surface area contributed by atoms with Crippen LogP contribution in [0.5, 0.6) is 0 Å². The van der Waals surface area contributed by atoms with Crippen LogP contribution in [0.2, 0.25) is 0 Å². The second-order valence-corrected chi connectivity index (χ2v) is 8.66. The van der Waals surface area contributed by atoms with Crippen molar-refractivity contribution in [2.45, 2.75) is 31.0 Å². The number of piperidine rings is 1. The zero-order valence-electron chi connectivity index (χ0n) is 18.8. The lowest BCUT2D eigenvalue weighted by Gasteiger charge is -2.32. The number of rotatable bonds is 5. The highest BCUT2D eigenvalue weighted by molar-refractivity contribution is 5.91. The van der Waals surface area contributed by atoms with Gasteiger partial charge in [0.05, 0.1) is 12.0 Å². The van der Waals surface area contributed by atoms with Crippen LogP contribution in [-0.4, -0.2) is 50.8 Å². The van der Waals surface area contributed by atoms with Crippen molar-refractivity contribution < 1.29 is 18.3 Å². The van der Waals surface area contributed by atoms with Gasteiger partial charge in [0.15, 0.2) is 5.76 Å². The van der Waals surface area contributed by atoms with Crippen LogP contribution in [0.15, 0.2) is 76.8 Å². The number of halogens is 1. The fourth-order valence-electron chi connectivity index (χ4n) is 4.73.